The molecule has 1 heterocycles. The molecular formula is C14H17F3N4. The first kappa shape index (κ1) is 15.5. The summed E-state index contributed by atoms with van der Waals surface area (Å²) < 4.78 is 39.5. The highest BCUT2D eigenvalue weighted by atomic mass is 19.4. The van der Waals surface area contributed by atoms with E-state index >= 15 is 0 Å². The van der Waals surface area contributed by atoms with Crippen LogP contribution in [0.15, 0.2) is 24.3 Å². The molecule has 4 nitrogen and oxygen atoms in total. The third kappa shape index (κ3) is 3.60. The van der Waals surface area contributed by atoms with Gasteiger partial charge in [-0.15, -0.1) is 10.2 Å². The van der Waals surface area contributed by atoms with Crippen LogP contribution in [0.2, 0.25) is 0 Å². The number of hydrogen-bond acceptors (Lipinski definition) is 3. The van der Waals surface area contributed by atoms with E-state index in [2.05, 4.69) is 10.2 Å². The number of hydrogen-bond donors (Lipinski definition) is 1. The molecule has 0 unspecified atom stereocenters. The van der Waals surface area contributed by atoms with Crippen LogP contribution in [0.5, 0.6) is 0 Å². The molecule has 0 aliphatic rings. The maximum atomic E-state index is 12.5. The van der Waals surface area contributed by atoms with Crippen molar-refractivity contribution in [3.63, 3.8) is 0 Å². The standard InChI is InChI=1S/C14H17F3N4/c1-2-7-21-12(19-20-13(21)9-18)8-10-3-5-11(6-4-10)14(15,16)17/h3-6H,2,7-9,18H2,1H3. The van der Waals surface area contributed by atoms with Crippen molar-refractivity contribution in [2.75, 3.05) is 0 Å². The lowest BCUT2D eigenvalue weighted by atomic mass is 10.1. The van der Waals surface area contributed by atoms with E-state index in [4.69, 9.17) is 5.73 Å². The van der Waals surface area contributed by atoms with Gasteiger partial charge in [0.2, 0.25) is 0 Å². The maximum absolute atomic E-state index is 12.5. The van der Waals surface area contributed by atoms with Gasteiger partial charge in [0.1, 0.15) is 11.6 Å². The minimum atomic E-state index is -4.31. The second-order valence-electron chi connectivity index (χ2n) is 4.76. The van der Waals surface area contributed by atoms with Crippen molar-refractivity contribution in [1.29, 1.82) is 0 Å². The van der Waals surface area contributed by atoms with Gasteiger partial charge in [-0.2, -0.15) is 13.2 Å². The van der Waals surface area contributed by atoms with Gasteiger partial charge in [-0.1, -0.05) is 19.1 Å². The van der Waals surface area contributed by atoms with Crippen LogP contribution in [0.1, 0.15) is 36.1 Å². The van der Waals surface area contributed by atoms with Crippen LogP contribution in [-0.2, 0) is 25.7 Å². The topological polar surface area (TPSA) is 56.7 Å². The van der Waals surface area contributed by atoms with E-state index in [1.54, 1.807) is 0 Å². The molecule has 2 aromatic rings. The number of nitrogens with zero attached hydrogens (tertiary/aromatic N) is 3. The van der Waals surface area contributed by atoms with Crippen molar-refractivity contribution in [3.8, 4) is 0 Å². The summed E-state index contributed by atoms with van der Waals surface area (Å²) in [6.07, 6.45) is -2.97. The first-order valence-corrected chi connectivity index (χ1v) is 6.72. The van der Waals surface area contributed by atoms with Gasteiger partial charge in [0.25, 0.3) is 0 Å². The summed E-state index contributed by atoms with van der Waals surface area (Å²) in [6.45, 7) is 3.07. The van der Waals surface area contributed by atoms with E-state index in [0.29, 0.717) is 18.8 Å². The van der Waals surface area contributed by atoms with Crippen LogP contribution in [0.4, 0.5) is 13.2 Å². The van der Waals surface area contributed by atoms with Crippen LogP contribution in [-0.4, -0.2) is 14.8 Å². The highest BCUT2D eigenvalue weighted by molar-refractivity contribution is 5.26. The predicted octanol–water partition coefficient (Wildman–Crippen LogP) is 2.76. The van der Waals surface area contributed by atoms with Gasteiger partial charge in [-0.25, -0.2) is 0 Å². The second kappa shape index (κ2) is 6.26. The zero-order valence-corrected chi connectivity index (χ0v) is 11.7. The summed E-state index contributed by atoms with van der Waals surface area (Å²) in [6, 6.07) is 5.10. The Kier molecular flexibility index (Phi) is 4.62. The Hall–Kier alpha value is -1.89. The van der Waals surface area contributed by atoms with Gasteiger partial charge >= 0.3 is 6.18 Å². The highest BCUT2D eigenvalue weighted by Crippen LogP contribution is 2.29. The molecule has 7 heteroatoms. The lowest BCUT2D eigenvalue weighted by molar-refractivity contribution is -0.137. The van der Waals surface area contributed by atoms with Crippen LogP contribution >= 0.6 is 0 Å². The van der Waals surface area contributed by atoms with Gasteiger partial charge in [0, 0.05) is 13.0 Å². The van der Waals surface area contributed by atoms with Crippen LogP contribution < -0.4 is 5.73 Å². The van der Waals surface area contributed by atoms with Crippen LogP contribution in [0, 0.1) is 0 Å². The molecular weight excluding hydrogens is 281 g/mol. The summed E-state index contributed by atoms with van der Waals surface area (Å²) in [7, 11) is 0. The number of halogens is 3. The summed E-state index contributed by atoms with van der Waals surface area (Å²) in [4.78, 5) is 0. The Bertz CT molecular complexity index is 587. The molecule has 0 amide bonds. The zero-order valence-electron chi connectivity index (χ0n) is 11.7. The van der Waals surface area contributed by atoms with Crippen molar-refractivity contribution in [2.45, 2.75) is 39.0 Å². The average Bonchev–Trinajstić information content (AvgIpc) is 2.81. The van der Waals surface area contributed by atoms with Gasteiger partial charge in [-0.05, 0) is 24.1 Å². The summed E-state index contributed by atoms with van der Waals surface area (Å²) in [5.74, 6) is 1.41. The molecule has 0 aliphatic carbocycles. The quantitative estimate of drug-likeness (QED) is 0.923. The van der Waals surface area contributed by atoms with E-state index in [0.717, 1.165) is 36.5 Å². The molecule has 21 heavy (non-hydrogen) atoms. The minimum Gasteiger partial charge on any atom is -0.324 e. The number of nitrogens with two attached hydrogens (primary N) is 1. The van der Waals surface area contributed by atoms with Crippen molar-refractivity contribution < 1.29 is 13.2 Å². The average molecular weight is 298 g/mol. The van der Waals surface area contributed by atoms with Gasteiger partial charge < -0.3 is 10.3 Å². The number of alkyl halides is 3. The van der Waals surface area contributed by atoms with Crippen LogP contribution in [0.25, 0.3) is 0 Å². The molecule has 0 saturated carbocycles. The molecule has 2 N–H and O–H groups in total. The van der Waals surface area contributed by atoms with Crippen molar-refractivity contribution in [1.82, 2.24) is 14.8 Å². The SMILES string of the molecule is CCCn1c(CN)nnc1Cc1ccc(C(F)(F)F)cc1. The normalized spacial score (nSPS) is 11.9. The predicted molar refractivity (Wildman–Crippen MR) is 72.5 cm³/mol. The lowest BCUT2D eigenvalue weighted by Gasteiger charge is -2.09. The molecule has 0 radical (unpaired) electrons. The fourth-order valence-electron chi connectivity index (χ4n) is 2.13. The molecule has 1 aromatic carbocycles. The smallest absolute Gasteiger partial charge is 0.324 e. The first-order valence-electron chi connectivity index (χ1n) is 6.72. The fourth-order valence-corrected chi connectivity index (χ4v) is 2.13. The van der Waals surface area contributed by atoms with Crippen LogP contribution in [0.3, 0.4) is 0 Å². The summed E-state index contributed by atoms with van der Waals surface area (Å²) >= 11 is 0. The van der Waals surface area contributed by atoms with E-state index in [1.807, 2.05) is 11.5 Å². The molecule has 0 saturated heterocycles. The molecule has 0 bridgehead atoms. The van der Waals surface area contributed by atoms with Crippen molar-refractivity contribution >= 4 is 0 Å². The Morgan fingerprint density at radius 2 is 1.71 bits per heavy atom. The van der Waals surface area contributed by atoms with E-state index < -0.39 is 11.7 Å². The van der Waals surface area contributed by atoms with Gasteiger partial charge in [-0.3, -0.25) is 0 Å². The summed E-state index contributed by atoms with van der Waals surface area (Å²) in [5, 5.41) is 8.10. The minimum absolute atomic E-state index is 0.292. The van der Waals surface area contributed by atoms with Gasteiger partial charge in [0.05, 0.1) is 12.1 Å². The molecule has 1 aromatic heterocycles. The first-order chi connectivity index (χ1) is 9.95. The Labute approximate surface area is 120 Å². The fraction of sp³-hybridized carbons (Fsp3) is 0.429. The number of aromatic nitrogens is 3. The molecule has 114 valence electrons. The Balaban J connectivity index is 2.20. The monoisotopic (exact) mass is 298 g/mol. The van der Waals surface area contributed by atoms with Crippen molar-refractivity contribution in [2.24, 2.45) is 5.73 Å². The third-order valence-electron chi connectivity index (χ3n) is 3.18. The highest BCUT2D eigenvalue weighted by Gasteiger charge is 2.29. The molecule has 0 aliphatic heterocycles. The summed E-state index contributed by atoms with van der Waals surface area (Å²) in [5.41, 5.74) is 5.72. The lowest BCUT2D eigenvalue weighted by Crippen LogP contribution is -2.11. The zero-order chi connectivity index (χ0) is 15.5. The maximum Gasteiger partial charge on any atom is 0.416 e. The van der Waals surface area contributed by atoms with E-state index in [9.17, 15) is 13.2 Å². The Morgan fingerprint density at radius 1 is 1.10 bits per heavy atom. The largest absolute Gasteiger partial charge is 0.416 e. The molecule has 0 spiro atoms. The molecule has 0 fully saturated rings. The van der Waals surface area contributed by atoms with E-state index in [1.165, 1.54) is 12.1 Å². The number of rotatable bonds is 5. The third-order valence-corrected chi connectivity index (χ3v) is 3.18. The Morgan fingerprint density at radius 3 is 2.24 bits per heavy atom. The molecule has 2 rings (SSSR count). The van der Waals surface area contributed by atoms with Crippen molar-refractivity contribution in [3.05, 3.63) is 47.0 Å². The second-order valence-corrected chi connectivity index (χ2v) is 4.76. The van der Waals surface area contributed by atoms with Gasteiger partial charge in [0.15, 0.2) is 0 Å². The number of benzene rings is 1. The van der Waals surface area contributed by atoms with E-state index in [-0.39, 0.29) is 0 Å². The molecule has 0 atom stereocenters.